The van der Waals surface area contributed by atoms with Crippen LogP contribution in [0.5, 0.6) is 0 Å². The smallest absolute Gasteiger partial charge is 0.193 e. The maximum absolute atomic E-state index is 4.48. The van der Waals surface area contributed by atoms with Crippen LogP contribution in [0.15, 0.2) is 41.5 Å². The molecule has 2 aromatic rings. The number of likely N-dealkylation sites (N-methyl/N-ethyl adjacent to an activating group) is 1. The Kier molecular flexibility index (Phi) is 9.51. The van der Waals surface area contributed by atoms with Gasteiger partial charge in [-0.2, -0.15) is 0 Å². The predicted molar refractivity (Wildman–Crippen MR) is 115 cm³/mol. The van der Waals surface area contributed by atoms with Gasteiger partial charge in [0.25, 0.3) is 0 Å². The van der Waals surface area contributed by atoms with Crippen molar-refractivity contribution in [1.29, 1.82) is 0 Å². The van der Waals surface area contributed by atoms with E-state index < -0.39 is 0 Å². The number of H-pyrrole nitrogens is 1. The first-order valence-electron chi connectivity index (χ1n) is 8.33. The molecular formula is C18H29IN6. The Bertz CT molecular complexity index is 640. The molecule has 6 nitrogen and oxygen atoms in total. The van der Waals surface area contributed by atoms with Crippen molar-refractivity contribution >= 4 is 29.9 Å². The lowest BCUT2D eigenvalue weighted by Gasteiger charge is -2.22. The van der Waals surface area contributed by atoms with Crippen LogP contribution < -0.4 is 5.32 Å². The van der Waals surface area contributed by atoms with E-state index in [9.17, 15) is 0 Å². The number of hydrogen-bond acceptors (Lipinski definition) is 3. The van der Waals surface area contributed by atoms with Crippen LogP contribution in [0.2, 0.25) is 0 Å². The summed E-state index contributed by atoms with van der Waals surface area (Å²) in [6.45, 7) is 5.74. The normalized spacial score (nSPS) is 11.3. The highest BCUT2D eigenvalue weighted by Crippen LogP contribution is 2.16. The number of guanidine groups is 1. The van der Waals surface area contributed by atoms with Gasteiger partial charge in [-0.15, -0.1) is 24.0 Å². The van der Waals surface area contributed by atoms with E-state index >= 15 is 0 Å². The highest BCUT2D eigenvalue weighted by atomic mass is 127. The maximum atomic E-state index is 4.48. The van der Waals surface area contributed by atoms with E-state index in [4.69, 9.17) is 0 Å². The van der Waals surface area contributed by atoms with Gasteiger partial charge >= 0.3 is 0 Å². The van der Waals surface area contributed by atoms with Crippen LogP contribution in [-0.2, 0) is 6.54 Å². The number of hydrogen-bond donors (Lipinski definition) is 2. The van der Waals surface area contributed by atoms with Gasteiger partial charge < -0.3 is 20.1 Å². The fourth-order valence-corrected chi connectivity index (χ4v) is 2.41. The second-order valence-corrected chi connectivity index (χ2v) is 5.84. The molecule has 0 bridgehead atoms. The number of halogens is 1. The number of nitrogens with one attached hydrogen (secondary N) is 2. The number of rotatable bonds is 7. The molecule has 2 rings (SSSR count). The van der Waals surface area contributed by atoms with Crippen LogP contribution in [0.4, 0.5) is 0 Å². The molecule has 0 atom stereocenters. The molecule has 0 aliphatic rings. The summed E-state index contributed by atoms with van der Waals surface area (Å²) in [6.07, 6.45) is 1.88. The first-order valence-corrected chi connectivity index (χ1v) is 8.33. The van der Waals surface area contributed by atoms with Crippen molar-refractivity contribution in [2.24, 2.45) is 4.99 Å². The van der Waals surface area contributed by atoms with Gasteiger partial charge in [0, 0.05) is 27.2 Å². The average molecular weight is 456 g/mol. The van der Waals surface area contributed by atoms with Crippen LogP contribution in [-0.4, -0.2) is 66.5 Å². The number of aromatic amines is 1. The Labute approximate surface area is 167 Å². The molecule has 0 saturated heterocycles. The van der Waals surface area contributed by atoms with Crippen molar-refractivity contribution < 1.29 is 0 Å². The molecule has 0 aliphatic heterocycles. The zero-order valence-electron chi connectivity index (χ0n) is 15.5. The minimum atomic E-state index is 0. The van der Waals surface area contributed by atoms with Crippen LogP contribution in [0.25, 0.3) is 11.3 Å². The van der Waals surface area contributed by atoms with Crippen molar-refractivity contribution in [2.75, 3.05) is 40.8 Å². The fraction of sp³-hybridized carbons (Fsp3) is 0.444. The van der Waals surface area contributed by atoms with Gasteiger partial charge in [0.2, 0.25) is 0 Å². The molecule has 0 radical (unpaired) electrons. The van der Waals surface area contributed by atoms with Crippen LogP contribution in [0, 0.1) is 0 Å². The van der Waals surface area contributed by atoms with Crippen molar-refractivity contribution in [3.63, 3.8) is 0 Å². The summed E-state index contributed by atoms with van der Waals surface area (Å²) in [5.41, 5.74) is 2.18. The first-order chi connectivity index (χ1) is 11.6. The van der Waals surface area contributed by atoms with E-state index in [2.05, 4.69) is 56.2 Å². The lowest BCUT2D eigenvalue weighted by Crippen LogP contribution is -2.41. The molecule has 25 heavy (non-hydrogen) atoms. The lowest BCUT2D eigenvalue weighted by atomic mass is 10.2. The Morgan fingerprint density at radius 3 is 2.60 bits per heavy atom. The molecular weight excluding hydrogens is 427 g/mol. The SMILES string of the molecule is CCN(C)CCNC(=NC)N(C)Cc1ncc(-c2ccccc2)[nH]1.I. The Morgan fingerprint density at radius 1 is 1.24 bits per heavy atom. The summed E-state index contributed by atoms with van der Waals surface area (Å²) in [7, 11) is 5.94. The standard InChI is InChI=1S/C18H28N6.HI/c1-5-23(3)12-11-20-18(19-2)24(4)14-17-21-13-16(22-17)15-9-7-6-8-10-15;/h6-10,13H,5,11-12,14H2,1-4H3,(H,19,20)(H,21,22);1H. The van der Waals surface area contributed by atoms with E-state index in [1.54, 1.807) is 7.05 Å². The molecule has 138 valence electrons. The Balaban J connectivity index is 0.00000312. The molecule has 0 amide bonds. The lowest BCUT2D eigenvalue weighted by molar-refractivity contribution is 0.353. The van der Waals surface area contributed by atoms with E-state index in [0.29, 0.717) is 6.54 Å². The monoisotopic (exact) mass is 456 g/mol. The van der Waals surface area contributed by atoms with Gasteiger partial charge in [-0.3, -0.25) is 4.99 Å². The molecule has 1 aromatic carbocycles. The quantitative estimate of drug-likeness (QED) is 0.382. The number of aromatic nitrogens is 2. The summed E-state index contributed by atoms with van der Waals surface area (Å²) in [4.78, 5) is 16.5. The highest BCUT2D eigenvalue weighted by Gasteiger charge is 2.09. The minimum Gasteiger partial charge on any atom is -0.355 e. The zero-order chi connectivity index (χ0) is 17.4. The zero-order valence-corrected chi connectivity index (χ0v) is 17.8. The number of imidazole rings is 1. The summed E-state index contributed by atoms with van der Waals surface area (Å²) < 4.78 is 0. The largest absolute Gasteiger partial charge is 0.355 e. The van der Waals surface area contributed by atoms with E-state index in [0.717, 1.165) is 42.7 Å². The minimum absolute atomic E-state index is 0. The number of nitrogens with zero attached hydrogens (tertiary/aromatic N) is 4. The first kappa shape index (κ1) is 21.4. The number of aliphatic imine (C=N–C) groups is 1. The topological polar surface area (TPSA) is 59.5 Å². The summed E-state index contributed by atoms with van der Waals surface area (Å²) in [5.74, 6) is 1.79. The third kappa shape index (κ3) is 6.66. The summed E-state index contributed by atoms with van der Waals surface area (Å²) >= 11 is 0. The Morgan fingerprint density at radius 2 is 1.96 bits per heavy atom. The van der Waals surface area contributed by atoms with E-state index in [1.165, 1.54) is 0 Å². The fourth-order valence-electron chi connectivity index (χ4n) is 2.41. The molecule has 0 spiro atoms. The van der Waals surface area contributed by atoms with Gasteiger partial charge in [0.05, 0.1) is 18.4 Å². The predicted octanol–water partition coefficient (Wildman–Crippen LogP) is 2.65. The molecule has 0 saturated carbocycles. The Hall–Kier alpha value is -1.61. The third-order valence-electron chi connectivity index (χ3n) is 3.99. The van der Waals surface area contributed by atoms with Gasteiger partial charge in [0.15, 0.2) is 5.96 Å². The van der Waals surface area contributed by atoms with Crippen molar-refractivity contribution in [1.82, 2.24) is 25.1 Å². The summed E-state index contributed by atoms with van der Waals surface area (Å²) in [5, 5.41) is 3.39. The molecule has 0 unspecified atom stereocenters. The van der Waals surface area contributed by atoms with E-state index in [-0.39, 0.29) is 24.0 Å². The molecule has 0 aliphatic carbocycles. The molecule has 1 heterocycles. The van der Waals surface area contributed by atoms with Gasteiger partial charge in [0.1, 0.15) is 5.82 Å². The van der Waals surface area contributed by atoms with Crippen molar-refractivity contribution in [3.05, 3.63) is 42.4 Å². The second-order valence-electron chi connectivity index (χ2n) is 5.84. The van der Waals surface area contributed by atoms with Crippen LogP contribution in [0.3, 0.4) is 0 Å². The number of benzene rings is 1. The molecule has 0 fully saturated rings. The summed E-state index contributed by atoms with van der Waals surface area (Å²) in [6, 6.07) is 10.2. The van der Waals surface area contributed by atoms with Gasteiger partial charge in [-0.25, -0.2) is 4.98 Å². The van der Waals surface area contributed by atoms with Crippen LogP contribution in [0.1, 0.15) is 12.7 Å². The average Bonchev–Trinajstić information content (AvgIpc) is 3.07. The highest BCUT2D eigenvalue weighted by molar-refractivity contribution is 14.0. The molecule has 7 heteroatoms. The van der Waals surface area contributed by atoms with Crippen LogP contribution >= 0.6 is 24.0 Å². The second kappa shape index (κ2) is 11.1. The van der Waals surface area contributed by atoms with Crippen molar-refractivity contribution in [2.45, 2.75) is 13.5 Å². The van der Waals surface area contributed by atoms with Crippen molar-refractivity contribution in [3.8, 4) is 11.3 Å². The maximum Gasteiger partial charge on any atom is 0.193 e. The molecule has 1 aromatic heterocycles. The van der Waals surface area contributed by atoms with Gasteiger partial charge in [-0.1, -0.05) is 37.3 Å². The van der Waals surface area contributed by atoms with Gasteiger partial charge in [-0.05, 0) is 19.2 Å². The third-order valence-corrected chi connectivity index (χ3v) is 3.99. The van der Waals surface area contributed by atoms with E-state index in [1.807, 2.05) is 31.4 Å². The molecule has 2 N–H and O–H groups in total.